The monoisotopic (exact) mass is 762 g/mol. The Hall–Kier alpha value is -1.66. The third kappa shape index (κ3) is 40.0. The molecule has 0 aromatic heterocycles. The lowest BCUT2D eigenvalue weighted by atomic mass is 10.0. The van der Waals surface area contributed by atoms with E-state index in [1.54, 1.807) is 6.08 Å². The van der Waals surface area contributed by atoms with E-state index in [1.165, 1.54) is 141 Å². The highest BCUT2D eigenvalue weighted by Crippen LogP contribution is 2.15. The lowest BCUT2D eigenvalue weighted by molar-refractivity contribution is -0.143. The first-order chi connectivity index (χ1) is 26.5. The van der Waals surface area contributed by atoms with E-state index < -0.39 is 12.1 Å². The molecule has 1 amide bonds. The molecule has 0 heterocycles. The molecule has 3 N–H and O–H groups in total. The minimum atomic E-state index is -0.857. The van der Waals surface area contributed by atoms with Crippen LogP contribution in [0.1, 0.15) is 245 Å². The van der Waals surface area contributed by atoms with E-state index in [1.807, 2.05) is 6.08 Å². The summed E-state index contributed by atoms with van der Waals surface area (Å²) in [7, 11) is 0. The number of hydrogen-bond donors (Lipinski definition) is 3. The van der Waals surface area contributed by atoms with Crippen molar-refractivity contribution in [1.29, 1.82) is 0 Å². The Balaban J connectivity index is 3.51. The second kappa shape index (κ2) is 44.1. The number of allylic oxidation sites excluding steroid dienone is 3. The Morgan fingerprint density at radius 2 is 0.870 bits per heavy atom. The number of hydrogen-bond acceptors (Lipinski definition) is 5. The van der Waals surface area contributed by atoms with Crippen molar-refractivity contribution in [1.82, 2.24) is 5.32 Å². The molecule has 54 heavy (non-hydrogen) atoms. The van der Waals surface area contributed by atoms with Crippen LogP contribution in [0, 0.1) is 0 Å². The molecule has 6 heteroatoms. The van der Waals surface area contributed by atoms with E-state index in [0.29, 0.717) is 19.4 Å². The molecule has 0 aliphatic rings. The minimum absolute atomic E-state index is 0.0225. The highest BCUT2D eigenvalue weighted by atomic mass is 16.5. The predicted octanol–water partition coefficient (Wildman–Crippen LogP) is 13.6. The Morgan fingerprint density at radius 1 is 0.500 bits per heavy atom. The number of esters is 1. The van der Waals surface area contributed by atoms with E-state index in [2.05, 4.69) is 31.3 Å². The van der Waals surface area contributed by atoms with Crippen LogP contribution in [0.5, 0.6) is 0 Å². The van der Waals surface area contributed by atoms with Gasteiger partial charge in [0.15, 0.2) is 0 Å². The number of nitrogens with one attached hydrogen (secondary N) is 1. The standard InChI is InChI=1S/C48H91NO5/c1-3-5-7-9-11-13-15-16-17-18-22-26-30-34-38-42-48(53)54-43-39-35-31-27-23-20-19-21-25-29-33-37-41-47(52)49-45(44-50)46(51)40-36-32-28-24-14-12-10-8-6-4-2/h20,23,36,40,45-46,50-51H,3-19,21-22,24-35,37-39,41-44H2,1-2H3,(H,49,52)/b23-20-,40-36+. The average Bonchev–Trinajstić information content (AvgIpc) is 3.17. The largest absolute Gasteiger partial charge is 0.466 e. The zero-order chi connectivity index (χ0) is 39.4. The molecule has 0 saturated heterocycles. The van der Waals surface area contributed by atoms with E-state index in [0.717, 1.165) is 77.0 Å². The summed E-state index contributed by atoms with van der Waals surface area (Å²) in [5, 5.41) is 22.9. The summed E-state index contributed by atoms with van der Waals surface area (Å²) < 4.78 is 5.44. The van der Waals surface area contributed by atoms with E-state index in [9.17, 15) is 19.8 Å². The number of amides is 1. The van der Waals surface area contributed by atoms with Gasteiger partial charge in [0.1, 0.15) is 0 Å². The summed E-state index contributed by atoms with van der Waals surface area (Å²) in [6.07, 6.45) is 50.3. The molecule has 0 rings (SSSR count). The quantitative estimate of drug-likeness (QED) is 0.0327. The maximum Gasteiger partial charge on any atom is 0.305 e. The van der Waals surface area contributed by atoms with Gasteiger partial charge in [0.05, 0.1) is 25.4 Å². The van der Waals surface area contributed by atoms with Gasteiger partial charge in [-0.1, -0.05) is 192 Å². The molecular weight excluding hydrogens is 671 g/mol. The number of carbonyl (C=O) groups is 2. The highest BCUT2D eigenvalue weighted by molar-refractivity contribution is 5.76. The number of aliphatic hydroxyl groups is 2. The van der Waals surface area contributed by atoms with Gasteiger partial charge in [-0.05, 0) is 64.2 Å². The molecule has 0 aliphatic carbocycles. The lowest BCUT2D eigenvalue weighted by Gasteiger charge is -2.20. The summed E-state index contributed by atoms with van der Waals surface area (Å²) in [6, 6.07) is -0.643. The number of ether oxygens (including phenoxy) is 1. The van der Waals surface area contributed by atoms with Crippen molar-refractivity contribution < 1.29 is 24.5 Å². The molecular formula is C48H91NO5. The molecule has 0 saturated carbocycles. The van der Waals surface area contributed by atoms with Crippen molar-refractivity contribution in [3.05, 3.63) is 24.3 Å². The van der Waals surface area contributed by atoms with Gasteiger partial charge in [-0.3, -0.25) is 9.59 Å². The molecule has 0 spiro atoms. The highest BCUT2D eigenvalue weighted by Gasteiger charge is 2.18. The van der Waals surface area contributed by atoms with Crippen LogP contribution in [0.3, 0.4) is 0 Å². The summed E-state index contributed by atoms with van der Waals surface area (Å²) in [4.78, 5) is 24.4. The van der Waals surface area contributed by atoms with Crippen molar-refractivity contribution in [2.24, 2.45) is 0 Å². The molecule has 6 nitrogen and oxygen atoms in total. The van der Waals surface area contributed by atoms with Gasteiger partial charge in [-0.2, -0.15) is 0 Å². The minimum Gasteiger partial charge on any atom is -0.466 e. The first-order valence-corrected chi connectivity index (χ1v) is 23.6. The van der Waals surface area contributed by atoms with Gasteiger partial charge in [0.2, 0.25) is 5.91 Å². The van der Waals surface area contributed by atoms with Gasteiger partial charge in [-0.15, -0.1) is 0 Å². The third-order valence-corrected chi connectivity index (χ3v) is 10.7. The van der Waals surface area contributed by atoms with Crippen molar-refractivity contribution in [3.8, 4) is 0 Å². The Labute approximate surface area is 335 Å². The van der Waals surface area contributed by atoms with Crippen LogP contribution in [0.15, 0.2) is 24.3 Å². The number of unbranched alkanes of at least 4 members (excludes halogenated alkanes) is 30. The number of aliphatic hydroxyl groups excluding tert-OH is 2. The van der Waals surface area contributed by atoms with Crippen LogP contribution in [-0.4, -0.2) is 47.4 Å². The van der Waals surface area contributed by atoms with E-state index >= 15 is 0 Å². The van der Waals surface area contributed by atoms with Crippen LogP contribution in [0.4, 0.5) is 0 Å². The zero-order valence-corrected chi connectivity index (χ0v) is 36.0. The summed E-state index contributed by atoms with van der Waals surface area (Å²) in [5.74, 6) is -0.119. The molecule has 318 valence electrons. The fourth-order valence-corrected chi connectivity index (χ4v) is 7.04. The second-order valence-corrected chi connectivity index (χ2v) is 16.1. The number of carbonyl (C=O) groups excluding carboxylic acids is 2. The summed E-state index contributed by atoms with van der Waals surface area (Å²) in [5.41, 5.74) is 0. The molecule has 0 bridgehead atoms. The normalized spacial score (nSPS) is 12.9. The van der Waals surface area contributed by atoms with Gasteiger partial charge in [0.25, 0.3) is 0 Å². The smallest absolute Gasteiger partial charge is 0.305 e. The van der Waals surface area contributed by atoms with Gasteiger partial charge < -0.3 is 20.3 Å². The maximum absolute atomic E-state index is 12.3. The van der Waals surface area contributed by atoms with Gasteiger partial charge in [-0.25, -0.2) is 0 Å². The molecule has 2 atom stereocenters. The maximum atomic E-state index is 12.3. The van der Waals surface area contributed by atoms with Crippen molar-refractivity contribution >= 4 is 11.9 Å². The first-order valence-electron chi connectivity index (χ1n) is 23.6. The fourth-order valence-electron chi connectivity index (χ4n) is 7.04. The van der Waals surface area contributed by atoms with E-state index in [4.69, 9.17) is 4.74 Å². The second-order valence-electron chi connectivity index (χ2n) is 16.1. The Bertz CT molecular complexity index is 843. The lowest BCUT2D eigenvalue weighted by Crippen LogP contribution is -2.45. The summed E-state index contributed by atoms with van der Waals surface area (Å²) in [6.45, 7) is 4.81. The predicted molar refractivity (Wildman–Crippen MR) is 232 cm³/mol. The zero-order valence-electron chi connectivity index (χ0n) is 36.0. The first kappa shape index (κ1) is 52.3. The topological polar surface area (TPSA) is 95.9 Å². The Kier molecular flexibility index (Phi) is 42.7. The van der Waals surface area contributed by atoms with Gasteiger partial charge >= 0.3 is 5.97 Å². The van der Waals surface area contributed by atoms with Crippen LogP contribution in [-0.2, 0) is 14.3 Å². The molecule has 0 radical (unpaired) electrons. The van der Waals surface area contributed by atoms with Crippen molar-refractivity contribution in [2.75, 3.05) is 13.2 Å². The average molecular weight is 762 g/mol. The molecule has 0 aliphatic heterocycles. The van der Waals surface area contributed by atoms with Crippen molar-refractivity contribution in [2.45, 2.75) is 257 Å². The van der Waals surface area contributed by atoms with Crippen molar-refractivity contribution in [3.63, 3.8) is 0 Å². The van der Waals surface area contributed by atoms with E-state index in [-0.39, 0.29) is 18.5 Å². The fraction of sp³-hybridized carbons (Fsp3) is 0.875. The SMILES string of the molecule is CCCCCCCCCC/C=C/C(O)C(CO)NC(=O)CCCCCCC/C=C\CCCCCOC(=O)CCCCCCCCCCCCCCCCC. The van der Waals surface area contributed by atoms with Crippen LogP contribution < -0.4 is 5.32 Å². The third-order valence-electron chi connectivity index (χ3n) is 10.7. The number of rotatable bonds is 43. The molecule has 0 fully saturated rings. The van der Waals surface area contributed by atoms with Gasteiger partial charge in [0, 0.05) is 12.8 Å². The molecule has 2 unspecified atom stereocenters. The van der Waals surface area contributed by atoms with Crippen LogP contribution in [0.25, 0.3) is 0 Å². The molecule has 0 aromatic carbocycles. The molecule has 0 aromatic rings. The van der Waals surface area contributed by atoms with Crippen LogP contribution >= 0.6 is 0 Å². The Morgan fingerprint density at radius 3 is 1.31 bits per heavy atom. The summed E-state index contributed by atoms with van der Waals surface area (Å²) >= 11 is 0. The van der Waals surface area contributed by atoms with Crippen LogP contribution in [0.2, 0.25) is 0 Å².